The van der Waals surface area contributed by atoms with Crippen molar-refractivity contribution < 1.29 is 23.9 Å². The molecule has 1 heterocycles. The molecule has 1 aliphatic rings. The smallest absolute Gasteiger partial charge is 0.330 e. The lowest BCUT2D eigenvalue weighted by Crippen LogP contribution is -2.20. The summed E-state index contributed by atoms with van der Waals surface area (Å²) in [7, 11) is 3.46. The van der Waals surface area contributed by atoms with Gasteiger partial charge in [0.1, 0.15) is 12.4 Å². The lowest BCUT2D eigenvalue weighted by Gasteiger charge is -2.14. The van der Waals surface area contributed by atoms with Crippen LogP contribution in [0, 0.1) is 0 Å². The van der Waals surface area contributed by atoms with Crippen LogP contribution in [0.25, 0.3) is 11.1 Å². The summed E-state index contributed by atoms with van der Waals surface area (Å²) < 4.78 is 5.03. The Morgan fingerprint density at radius 1 is 1.10 bits per heavy atom. The third kappa shape index (κ3) is 11.8. The normalized spacial score (nSPS) is 11.4. The van der Waals surface area contributed by atoms with E-state index in [0.717, 1.165) is 59.2 Å². The van der Waals surface area contributed by atoms with Crippen LogP contribution in [0.5, 0.6) is 0 Å². The van der Waals surface area contributed by atoms with Crippen LogP contribution in [-0.2, 0) is 25.7 Å². The molecule has 2 amide bonds. The summed E-state index contributed by atoms with van der Waals surface area (Å²) in [4.78, 5) is 42.7. The van der Waals surface area contributed by atoms with E-state index in [9.17, 15) is 9.59 Å². The minimum Gasteiger partial charge on any atom is -0.459 e. The van der Waals surface area contributed by atoms with Gasteiger partial charge in [-0.05, 0) is 61.6 Å². The number of allylic oxidation sites excluding steroid dienone is 1. The Kier molecular flexibility index (Phi) is 17.7. The lowest BCUT2D eigenvalue weighted by molar-refractivity contribution is -0.143. The van der Waals surface area contributed by atoms with E-state index in [4.69, 9.17) is 14.3 Å². The number of esters is 1. The molecule has 0 fully saturated rings. The number of hydrogen-bond donors (Lipinski definition) is 2. The summed E-state index contributed by atoms with van der Waals surface area (Å²) >= 11 is 0. The van der Waals surface area contributed by atoms with Crippen molar-refractivity contribution in [1.29, 1.82) is 0 Å². The van der Waals surface area contributed by atoms with Gasteiger partial charge < -0.3 is 25.1 Å². The first-order chi connectivity index (χ1) is 18.7. The Bertz CT molecular complexity index is 1080. The molecule has 39 heavy (non-hydrogen) atoms. The number of nitrogens with zero attached hydrogens (tertiary/aromatic N) is 1. The van der Waals surface area contributed by atoms with Crippen molar-refractivity contribution in [2.45, 2.75) is 59.6 Å². The predicted molar refractivity (Wildman–Crippen MR) is 158 cm³/mol. The molecular weight excluding hydrogens is 494 g/mol. The van der Waals surface area contributed by atoms with Crippen LogP contribution in [0.2, 0.25) is 0 Å². The topological polar surface area (TPSA) is 105 Å². The van der Waals surface area contributed by atoms with Crippen molar-refractivity contribution in [3.8, 4) is 11.1 Å². The molecule has 3 rings (SSSR count). The number of rotatable bonds is 9. The Morgan fingerprint density at radius 2 is 1.67 bits per heavy atom. The summed E-state index contributed by atoms with van der Waals surface area (Å²) in [6.07, 6.45) is 5.52. The van der Waals surface area contributed by atoms with Crippen molar-refractivity contribution in [3.63, 3.8) is 0 Å². The standard InChI is InChI=1S/C18H18N2O.C9H16O2.C2H5NO.C2H4O/c1-12(2)20-11-17-15(5-4-6-16(17)18(20)21)13-7-9-14(19-3)10-8-13;1-4-7-8(5-2)11-9(10)6-3;1-3-2-4;1-2-3/h4-10,19H,1,11H2,2-3H3;6,8H,3-5,7H2,1-2H3;2H,1H3,(H,3,4);2H,1H3. The number of nitrogens with one attached hydrogen (secondary N) is 2. The molecule has 0 saturated carbocycles. The highest BCUT2D eigenvalue weighted by Gasteiger charge is 2.29. The first-order valence-corrected chi connectivity index (χ1v) is 12.9. The van der Waals surface area contributed by atoms with Gasteiger partial charge in [-0.25, -0.2) is 4.79 Å². The molecule has 0 bridgehead atoms. The molecule has 0 saturated heterocycles. The number of fused-ring (bicyclic) bond motifs is 1. The molecule has 8 heteroatoms. The van der Waals surface area contributed by atoms with Crippen LogP contribution in [-0.4, -0.2) is 49.7 Å². The molecule has 0 aromatic heterocycles. The van der Waals surface area contributed by atoms with Crippen LogP contribution in [0.1, 0.15) is 62.9 Å². The van der Waals surface area contributed by atoms with Crippen molar-refractivity contribution in [2.24, 2.45) is 0 Å². The van der Waals surface area contributed by atoms with E-state index in [0.29, 0.717) is 13.0 Å². The van der Waals surface area contributed by atoms with Gasteiger partial charge in [0, 0.05) is 37.1 Å². The van der Waals surface area contributed by atoms with Crippen molar-refractivity contribution in [2.75, 3.05) is 19.4 Å². The molecule has 8 nitrogen and oxygen atoms in total. The summed E-state index contributed by atoms with van der Waals surface area (Å²) in [5.41, 5.74) is 5.98. The largest absolute Gasteiger partial charge is 0.459 e. The maximum Gasteiger partial charge on any atom is 0.330 e. The third-order valence-electron chi connectivity index (χ3n) is 5.55. The van der Waals surface area contributed by atoms with E-state index < -0.39 is 0 Å². The molecule has 1 unspecified atom stereocenters. The average molecular weight is 538 g/mol. The van der Waals surface area contributed by atoms with Crippen LogP contribution >= 0.6 is 0 Å². The molecule has 212 valence electrons. The number of ether oxygens (including phenoxy) is 1. The fourth-order valence-corrected chi connectivity index (χ4v) is 3.61. The van der Waals surface area contributed by atoms with Crippen LogP contribution < -0.4 is 10.6 Å². The Labute approximate surface area is 233 Å². The SMILES string of the molecule is C=C(C)N1Cc2c(cccc2-c2ccc(NC)cc2)C1=O.C=CC(=O)OC(CC)CCC.CC=O.CNC=O. The molecule has 0 aliphatic carbocycles. The minimum absolute atomic E-state index is 0.0474. The molecule has 1 aliphatic heterocycles. The first-order valence-electron chi connectivity index (χ1n) is 12.9. The van der Waals surface area contributed by atoms with Crippen LogP contribution in [0.4, 0.5) is 5.69 Å². The van der Waals surface area contributed by atoms with Gasteiger partial charge in [-0.15, -0.1) is 0 Å². The number of carbonyl (C=O) groups is 4. The summed E-state index contributed by atoms with van der Waals surface area (Å²) in [6.45, 7) is 15.2. The zero-order chi connectivity index (χ0) is 29.8. The number of benzene rings is 2. The van der Waals surface area contributed by atoms with Gasteiger partial charge in [0.15, 0.2) is 0 Å². The van der Waals surface area contributed by atoms with Crippen LogP contribution in [0.3, 0.4) is 0 Å². The van der Waals surface area contributed by atoms with Gasteiger partial charge in [0.25, 0.3) is 5.91 Å². The second kappa shape index (κ2) is 19.9. The van der Waals surface area contributed by atoms with Crippen molar-refractivity contribution in [1.82, 2.24) is 10.2 Å². The number of carbonyl (C=O) groups excluding carboxylic acids is 4. The quantitative estimate of drug-likeness (QED) is 0.240. The number of hydrogen-bond acceptors (Lipinski definition) is 6. The van der Waals surface area contributed by atoms with E-state index in [2.05, 4.69) is 48.9 Å². The number of anilines is 1. The predicted octanol–water partition coefficient (Wildman–Crippen LogP) is 5.75. The molecular formula is C31H43N3O5. The lowest BCUT2D eigenvalue weighted by atomic mass is 9.97. The number of amides is 2. The number of aldehydes is 1. The highest BCUT2D eigenvalue weighted by molar-refractivity contribution is 6.01. The molecule has 0 spiro atoms. The monoisotopic (exact) mass is 537 g/mol. The zero-order valence-electron chi connectivity index (χ0n) is 24.1. The molecule has 1 atom stereocenters. The maximum absolute atomic E-state index is 12.4. The molecule has 2 N–H and O–H groups in total. The van der Waals surface area contributed by atoms with Gasteiger partial charge in [0.2, 0.25) is 6.41 Å². The molecule has 2 aromatic carbocycles. The fraction of sp³-hybridized carbons (Fsp3) is 0.355. The van der Waals surface area contributed by atoms with E-state index in [1.54, 1.807) is 11.9 Å². The average Bonchev–Trinajstić information content (AvgIpc) is 3.30. The van der Waals surface area contributed by atoms with Gasteiger partial charge in [-0.3, -0.25) is 9.59 Å². The summed E-state index contributed by atoms with van der Waals surface area (Å²) in [5.74, 6) is -0.267. The summed E-state index contributed by atoms with van der Waals surface area (Å²) in [6, 6.07) is 14.2. The Hall–Kier alpha value is -4.20. The highest BCUT2D eigenvalue weighted by atomic mass is 16.5. The second-order valence-electron chi connectivity index (χ2n) is 8.39. The highest BCUT2D eigenvalue weighted by Crippen LogP contribution is 2.34. The zero-order valence-corrected chi connectivity index (χ0v) is 24.1. The van der Waals surface area contributed by atoms with Gasteiger partial charge in [-0.1, -0.05) is 57.7 Å². The third-order valence-corrected chi connectivity index (χ3v) is 5.55. The van der Waals surface area contributed by atoms with E-state index in [-0.39, 0.29) is 18.0 Å². The van der Waals surface area contributed by atoms with Crippen molar-refractivity contribution in [3.05, 3.63) is 78.5 Å². The summed E-state index contributed by atoms with van der Waals surface area (Å²) in [5, 5.41) is 5.36. The minimum atomic E-state index is -0.315. The Morgan fingerprint density at radius 3 is 2.10 bits per heavy atom. The van der Waals surface area contributed by atoms with Gasteiger partial charge in [0.05, 0.1) is 6.54 Å². The second-order valence-corrected chi connectivity index (χ2v) is 8.39. The van der Waals surface area contributed by atoms with E-state index in [1.807, 2.05) is 45.2 Å². The van der Waals surface area contributed by atoms with Crippen molar-refractivity contribution >= 4 is 30.3 Å². The first kappa shape index (κ1) is 34.8. The van der Waals surface area contributed by atoms with Crippen LogP contribution in [0.15, 0.2) is 67.4 Å². The maximum atomic E-state index is 12.4. The fourth-order valence-electron chi connectivity index (χ4n) is 3.61. The molecule has 2 aromatic rings. The Balaban J connectivity index is 0.000000675. The van der Waals surface area contributed by atoms with E-state index in [1.165, 1.54) is 13.0 Å². The van der Waals surface area contributed by atoms with E-state index >= 15 is 0 Å². The van der Waals surface area contributed by atoms with Gasteiger partial charge in [-0.2, -0.15) is 0 Å². The van der Waals surface area contributed by atoms with Gasteiger partial charge >= 0.3 is 5.97 Å². The molecule has 0 radical (unpaired) electrons.